The maximum atomic E-state index is 13.7. The van der Waals surface area contributed by atoms with Crippen LogP contribution in [-0.2, 0) is 25.5 Å². The molecule has 0 spiro atoms. The van der Waals surface area contributed by atoms with Crippen LogP contribution in [0, 0.1) is 0 Å². The average Bonchev–Trinajstić information content (AvgIpc) is 2.96. The van der Waals surface area contributed by atoms with Crippen molar-refractivity contribution in [1.82, 2.24) is 10.2 Å². The van der Waals surface area contributed by atoms with Gasteiger partial charge in [0, 0.05) is 5.75 Å². The highest BCUT2D eigenvalue weighted by molar-refractivity contribution is 8.00. The van der Waals surface area contributed by atoms with Gasteiger partial charge in [0.2, 0.25) is 5.91 Å². The molecule has 6 nitrogen and oxygen atoms in total. The van der Waals surface area contributed by atoms with Crippen LogP contribution in [0.5, 0.6) is 0 Å². The summed E-state index contributed by atoms with van der Waals surface area (Å²) < 4.78 is 6.11. The molecular weight excluding hydrogens is 496 g/mol. The van der Waals surface area contributed by atoms with Crippen molar-refractivity contribution in [3.8, 4) is 0 Å². The first-order valence-corrected chi connectivity index (χ1v) is 13.6. The molecule has 7 heteroatoms. The van der Waals surface area contributed by atoms with Crippen LogP contribution >= 0.6 is 11.8 Å². The molecule has 0 radical (unpaired) electrons. The number of allylic oxidation sites excluding steroid dienone is 2. The lowest BCUT2D eigenvalue weighted by atomic mass is 10.00. The molecule has 0 bridgehead atoms. The van der Waals surface area contributed by atoms with E-state index in [1.54, 1.807) is 0 Å². The van der Waals surface area contributed by atoms with Gasteiger partial charge >= 0.3 is 5.97 Å². The minimum atomic E-state index is -0.690. The summed E-state index contributed by atoms with van der Waals surface area (Å²) in [6, 6.07) is 27.8. The Morgan fingerprint density at radius 1 is 0.974 bits per heavy atom. The molecule has 0 saturated carbocycles. The van der Waals surface area contributed by atoms with Gasteiger partial charge in [-0.2, -0.15) is 0 Å². The molecule has 1 saturated heterocycles. The second kappa shape index (κ2) is 11.5. The standard InChI is InChI=1S/C31H28N2O4S/c1-2-12-24-20-38-30-26(32-25(34)19-21-13-6-3-7-14-21)29(35)33(30)27(24)31(36)37-28(22-15-8-4-9-16-22)23-17-10-5-11-18-23/h2-18,26,28,30H,19-20H2,1H3,(H,32,34)/b12-2-. The molecule has 1 N–H and O–H groups in total. The highest BCUT2D eigenvalue weighted by Crippen LogP contribution is 2.42. The van der Waals surface area contributed by atoms with Gasteiger partial charge in [0.05, 0.1) is 6.42 Å². The van der Waals surface area contributed by atoms with Crippen molar-refractivity contribution in [2.24, 2.45) is 0 Å². The normalized spacial score (nSPS) is 18.8. The maximum absolute atomic E-state index is 13.7. The third-order valence-electron chi connectivity index (χ3n) is 6.51. The molecule has 2 aliphatic heterocycles. The molecule has 3 aromatic rings. The maximum Gasteiger partial charge on any atom is 0.356 e. The second-order valence-electron chi connectivity index (χ2n) is 9.10. The number of fused-ring (bicyclic) bond motifs is 1. The quantitative estimate of drug-likeness (QED) is 0.339. The largest absolute Gasteiger partial charge is 0.448 e. The third-order valence-corrected chi connectivity index (χ3v) is 7.81. The Balaban J connectivity index is 1.37. The van der Waals surface area contributed by atoms with Gasteiger partial charge in [-0.3, -0.25) is 14.5 Å². The first-order valence-electron chi connectivity index (χ1n) is 12.5. The molecular formula is C31H28N2O4S. The number of rotatable bonds is 8. The van der Waals surface area contributed by atoms with Crippen LogP contribution in [0.1, 0.15) is 29.7 Å². The predicted octanol–water partition coefficient (Wildman–Crippen LogP) is 4.79. The lowest BCUT2D eigenvalue weighted by Crippen LogP contribution is -2.70. The van der Waals surface area contributed by atoms with Crippen molar-refractivity contribution in [2.75, 3.05) is 5.75 Å². The van der Waals surface area contributed by atoms with Gasteiger partial charge in [0.15, 0.2) is 6.10 Å². The average molecular weight is 525 g/mol. The summed E-state index contributed by atoms with van der Waals surface area (Å²) in [5.41, 5.74) is 3.51. The summed E-state index contributed by atoms with van der Waals surface area (Å²) in [6.45, 7) is 1.87. The van der Waals surface area contributed by atoms with E-state index in [0.29, 0.717) is 5.75 Å². The van der Waals surface area contributed by atoms with Gasteiger partial charge in [-0.05, 0) is 29.2 Å². The first kappa shape index (κ1) is 25.5. The van der Waals surface area contributed by atoms with Crippen molar-refractivity contribution in [2.45, 2.75) is 30.9 Å². The van der Waals surface area contributed by atoms with E-state index in [1.165, 1.54) is 16.7 Å². The van der Waals surface area contributed by atoms with Crippen LogP contribution in [-0.4, -0.2) is 39.9 Å². The predicted molar refractivity (Wildman–Crippen MR) is 148 cm³/mol. The number of carbonyl (C=O) groups excluding carboxylic acids is 3. The molecule has 1 fully saturated rings. The molecule has 5 rings (SSSR count). The van der Waals surface area contributed by atoms with Crippen LogP contribution in [0.4, 0.5) is 0 Å². The van der Waals surface area contributed by atoms with Gasteiger partial charge in [0.1, 0.15) is 17.1 Å². The number of hydrogen-bond acceptors (Lipinski definition) is 5. The van der Waals surface area contributed by atoms with Gasteiger partial charge in [-0.1, -0.05) is 103 Å². The second-order valence-corrected chi connectivity index (χ2v) is 10.2. The molecule has 2 heterocycles. The monoisotopic (exact) mass is 524 g/mol. The topological polar surface area (TPSA) is 75.7 Å². The Labute approximate surface area is 226 Å². The van der Waals surface area contributed by atoms with E-state index in [0.717, 1.165) is 22.3 Å². The van der Waals surface area contributed by atoms with Crippen molar-refractivity contribution >= 4 is 29.5 Å². The van der Waals surface area contributed by atoms with E-state index in [4.69, 9.17) is 4.74 Å². The van der Waals surface area contributed by atoms with Gasteiger partial charge < -0.3 is 10.1 Å². The number of thioether (sulfide) groups is 1. The molecule has 3 aromatic carbocycles. The van der Waals surface area contributed by atoms with Crippen molar-refractivity contribution in [1.29, 1.82) is 0 Å². The number of benzene rings is 3. The van der Waals surface area contributed by atoms with Crippen LogP contribution in [0.25, 0.3) is 0 Å². The fourth-order valence-electron chi connectivity index (χ4n) is 4.71. The number of esters is 1. The summed E-state index contributed by atoms with van der Waals surface area (Å²) in [4.78, 5) is 41.2. The van der Waals surface area contributed by atoms with Crippen molar-refractivity contribution in [3.63, 3.8) is 0 Å². The van der Waals surface area contributed by atoms with Crippen molar-refractivity contribution in [3.05, 3.63) is 131 Å². The van der Waals surface area contributed by atoms with Crippen LogP contribution in [0.3, 0.4) is 0 Å². The minimum absolute atomic E-state index is 0.187. The molecule has 38 heavy (non-hydrogen) atoms. The fraction of sp³-hybridized carbons (Fsp3) is 0.194. The number of hydrogen-bond donors (Lipinski definition) is 1. The fourth-order valence-corrected chi connectivity index (χ4v) is 6.03. The number of carbonyl (C=O) groups is 3. The van der Waals surface area contributed by atoms with Crippen LogP contribution in [0.15, 0.2) is 114 Å². The molecule has 0 aliphatic carbocycles. The summed E-state index contributed by atoms with van der Waals surface area (Å²) in [5.74, 6) is -0.581. The molecule has 2 aliphatic rings. The van der Waals surface area contributed by atoms with E-state index in [1.807, 2.05) is 110 Å². The van der Waals surface area contributed by atoms with Gasteiger partial charge in [-0.15, -0.1) is 11.8 Å². The molecule has 192 valence electrons. The van der Waals surface area contributed by atoms with E-state index in [-0.39, 0.29) is 29.3 Å². The summed E-state index contributed by atoms with van der Waals surface area (Å²) in [7, 11) is 0. The van der Waals surface area contributed by atoms with Crippen LogP contribution in [0.2, 0.25) is 0 Å². The Morgan fingerprint density at radius 2 is 1.55 bits per heavy atom. The zero-order valence-electron chi connectivity index (χ0n) is 20.9. The summed E-state index contributed by atoms with van der Waals surface area (Å²) in [5, 5.41) is 2.50. The molecule has 2 unspecified atom stereocenters. The lowest BCUT2D eigenvalue weighted by Gasteiger charge is -2.49. The smallest absolute Gasteiger partial charge is 0.356 e. The Morgan fingerprint density at radius 3 is 2.13 bits per heavy atom. The first-order chi connectivity index (χ1) is 18.6. The van der Waals surface area contributed by atoms with Gasteiger partial charge in [-0.25, -0.2) is 4.79 Å². The van der Waals surface area contributed by atoms with E-state index in [9.17, 15) is 14.4 Å². The van der Waals surface area contributed by atoms with Crippen LogP contribution < -0.4 is 5.32 Å². The van der Waals surface area contributed by atoms with E-state index < -0.39 is 18.1 Å². The van der Waals surface area contributed by atoms with Crippen molar-refractivity contribution < 1.29 is 19.1 Å². The highest BCUT2D eigenvalue weighted by Gasteiger charge is 2.54. The summed E-state index contributed by atoms with van der Waals surface area (Å²) in [6.07, 6.45) is 3.25. The van der Waals surface area contributed by atoms with E-state index >= 15 is 0 Å². The Hall–Kier alpha value is -4.10. The number of β-lactam (4-membered cyclic amide) rings is 1. The zero-order chi connectivity index (χ0) is 26.5. The molecule has 2 atom stereocenters. The van der Waals surface area contributed by atoms with E-state index in [2.05, 4.69) is 5.32 Å². The van der Waals surface area contributed by atoms with Gasteiger partial charge in [0.25, 0.3) is 5.91 Å². The molecule has 0 aromatic heterocycles. The number of ether oxygens (including phenoxy) is 1. The Kier molecular flexibility index (Phi) is 7.75. The zero-order valence-corrected chi connectivity index (χ0v) is 21.8. The SMILES string of the molecule is C/C=C\C1=C(C(=O)OC(c2ccccc2)c2ccccc2)N2C(=O)C(NC(=O)Cc3ccccc3)C2SC1. The molecule has 2 amide bonds. The number of amides is 2. The number of nitrogens with one attached hydrogen (secondary N) is 1. The highest BCUT2D eigenvalue weighted by atomic mass is 32.2. The number of nitrogens with zero attached hydrogens (tertiary/aromatic N) is 1. The minimum Gasteiger partial charge on any atom is -0.448 e. The summed E-state index contributed by atoms with van der Waals surface area (Å²) >= 11 is 1.53. The lowest BCUT2D eigenvalue weighted by molar-refractivity contribution is -0.154. The Bertz CT molecular complexity index is 1330. The third kappa shape index (κ3) is 5.29.